The fourth-order valence-electron chi connectivity index (χ4n) is 4.40. The Balaban J connectivity index is 1.95. The van der Waals surface area contributed by atoms with Gasteiger partial charge in [0.2, 0.25) is 0 Å². The van der Waals surface area contributed by atoms with Gasteiger partial charge in [0.25, 0.3) is 0 Å². The zero-order chi connectivity index (χ0) is 17.9. The van der Waals surface area contributed by atoms with Crippen LogP contribution >= 0.6 is 22.7 Å². The molecule has 0 spiro atoms. The molecule has 0 saturated carbocycles. The monoisotopic (exact) mass is 482 g/mol. The average molecular weight is 481 g/mol. The Bertz CT molecular complexity index is 673. The van der Waals surface area contributed by atoms with Gasteiger partial charge in [-0.15, -0.1) is 0 Å². The first kappa shape index (κ1) is 19.9. The summed E-state index contributed by atoms with van der Waals surface area (Å²) in [4.78, 5) is 4.77. The van der Waals surface area contributed by atoms with Gasteiger partial charge in [-0.3, -0.25) is 0 Å². The summed E-state index contributed by atoms with van der Waals surface area (Å²) in [7, 11) is 0. The molecule has 0 fully saturated rings. The van der Waals surface area contributed by atoms with E-state index in [1.54, 1.807) is 34.2 Å². The molecule has 0 radical (unpaired) electrons. The van der Waals surface area contributed by atoms with Gasteiger partial charge in [0, 0.05) is 0 Å². The van der Waals surface area contributed by atoms with E-state index < -0.39 is 18.4 Å². The molecule has 2 heterocycles. The van der Waals surface area contributed by atoms with Crippen molar-refractivity contribution in [2.45, 2.75) is 86.0 Å². The van der Waals surface area contributed by atoms with Crippen molar-refractivity contribution in [3.8, 4) is 9.75 Å². The summed E-state index contributed by atoms with van der Waals surface area (Å²) < 4.78 is 6.72. The molecule has 1 aliphatic rings. The Hall–Kier alpha value is 0.199. The minimum absolute atomic E-state index is 1.21. The van der Waals surface area contributed by atoms with E-state index in [9.17, 15) is 0 Å². The van der Waals surface area contributed by atoms with Gasteiger partial charge in [-0.1, -0.05) is 0 Å². The van der Waals surface area contributed by atoms with Gasteiger partial charge in [-0.05, 0) is 0 Å². The molecule has 0 aromatic carbocycles. The molecule has 3 heteroatoms. The molecule has 0 N–H and O–H groups in total. The van der Waals surface area contributed by atoms with Crippen LogP contribution in [-0.2, 0) is 6.42 Å². The Kier molecular flexibility index (Phi) is 7.12. The van der Waals surface area contributed by atoms with Crippen LogP contribution in [0.1, 0.15) is 75.3 Å². The molecule has 0 atom stereocenters. The van der Waals surface area contributed by atoms with E-state index in [0.717, 1.165) is 0 Å². The second-order valence-corrected chi connectivity index (χ2v) is 24.4. The van der Waals surface area contributed by atoms with Crippen LogP contribution in [0.5, 0.6) is 0 Å². The third kappa shape index (κ3) is 4.21. The Morgan fingerprint density at radius 3 is 1.88 bits per heavy atom. The molecule has 0 unspecified atom stereocenters. The molecule has 1 aliphatic carbocycles. The number of hydrogen-bond acceptors (Lipinski definition) is 2. The molecular weight excluding hydrogens is 447 g/mol. The molecule has 2 aromatic heterocycles. The van der Waals surface area contributed by atoms with E-state index >= 15 is 0 Å². The Morgan fingerprint density at radius 1 is 0.800 bits per heavy atom. The zero-order valence-electron chi connectivity index (χ0n) is 16.5. The van der Waals surface area contributed by atoms with Crippen LogP contribution in [0.2, 0.25) is 13.3 Å². The molecule has 138 valence electrons. The molecule has 2 aromatic rings. The van der Waals surface area contributed by atoms with Crippen molar-refractivity contribution in [3.05, 3.63) is 28.1 Å². The van der Waals surface area contributed by atoms with Gasteiger partial charge in [-0.2, -0.15) is 0 Å². The van der Waals surface area contributed by atoms with Crippen LogP contribution in [0.3, 0.4) is 0 Å². The third-order valence-corrected chi connectivity index (χ3v) is 26.5. The fraction of sp³-hybridized carbons (Fsp3) is 0.636. The second kappa shape index (κ2) is 8.93. The van der Waals surface area contributed by atoms with E-state index in [4.69, 9.17) is 0 Å². The Labute approximate surface area is 166 Å². The summed E-state index contributed by atoms with van der Waals surface area (Å²) in [6.45, 7) is 9.41. The zero-order valence-corrected chi connectivity index (χ0v) is 21.0. The first-order chi connectivity index (χ1) is 12.1. The second-order valence-electron chi connectivity index (χ2n) is 7.94. The number of hydrogen-bond donors (Lipinski definition) is 0. The van der Waals surface area contributed by atoms with Crippen molar-refractivity contribution in [2.24, 2.45) is 0 Å². The van der Waals surface area contributed by atoms with Crippen molar-refractivity contribution >= 4 is 43.9 Å². The summed E-state index contributed by atoms with van der Waals surface area (Å²) in [6, 6.07) is 5.13. The topological polar surface area (TPSA) is 0 Å². The molecule has 0 nitrogen and oxygen atoms in total. The number of rotatable bonds is 10. The summed E-state index contributed by atoms with van der Waals surface area (Å²) in [5, 5.41) is 0. The van der Waals surface area contributed by atoms with Gasteiger partial charge in [-0.25, -0.2) is 0 Å². The molecular formula is C22H34S2Sn. The molecule has 0 saturated heterocycles. The van der Waals surface area contributed by atoms with Gasteiger partial charge in [0.15, 0.2) is 0 Å². The maximum absolute atomic E-state index is 2.71. The van der Waals surface area contributed by atoms with Crippen LogP contribution in [0.15, 0.2) is 12.1 Å². The van der Waals surface area contributed by atoms with E-state index in [1.807, 2.05) is 14.2 Å². The maximum atomic E-state index is 2.71. The SMILES string of the molecule is CCC[CH2][Sn]([CH2]CCC)([CH2]CCC)[c]1cc2c(s1)-c1sc(C)cc1C2. The Morgan fingerprint density at radius 2 is 1.32 bits per heavy atom. The van der Waals surface area contributed by atoms with E-state index in [2.05, 4.69) is 51.2 Å². The van der Waals surface area contributed by atoms with Crippen LogP contribution < -0.4 is 2.89 Å². The minimum atomic E-state index is -2.22. The fourth-order valence-corrected chi connectivity index (χ4v) is 26.0. The van der Waals surface area contributed by atoms with Crippen molar-refractivity contribution in [1.82, 2.24) is 0 Å². The van der Waals surface area contributed by atoms with Crippen LogP contribution in [0.25, 0.3) is 9.75 Å². The van der Waals surface area contributed by atoms with Gasteiger partial charge < -0.3 is 0 Å². The first-order valence-electron chi connectivity index (χ1n) is 10.4. The van der Waals surface area contributed by atoms with E-state index in [0.29, 0.717) is 0 Å². The van der Waals surface area contributed by atoms with Crippen molar-refractivity contribution in [1.29, 1.82) is 0 Å². The van der Waals surface area contributed by atoms with Crippen molar-refractivity contribution in [2.75, 3.05) is 0 Å². The number of thiophene rings is 2. The predicted molar refractivity (Wildman–Crippen MR) is 120 cm³/mol. The molecule has 0 aliphatic heterocycles. The standard InChI is InChI=1S/C10H7S2.3C4H9.Sn/c1-6-4-8-5-7-2-3-11-9(7)10(8)12-6;3*1-3-4-2;/h2,4H,5H2,1H3;3*1,3-4H2,2H3;. The average Bonchev–Trinajstić information content (AvgIpc) is 3.25. The quantitative estimate of drug-likeness (QED) is 0.260. The summed E-state index contributed by atoms with van der Waals surface area (Å²) in [5.41, 5.74) is 3.28. The van der Waals surface area contributed by atoms with Crippen molar-refractivity contribution < 1.29 is 0 Å². The summed E-state index contributed by atoms with van der Waals surface area (Å²) >= 11 is 2.05. The van der Waals surface area contributed by atoms with Crippen LogP contribution in [0.4, 0.5) is 0 Å². The summed E-state index contributed by atoms with van der Waals surface area (Å²) in [5.74, 6) is 0. The van der Waals surface area contributed by atoms with Gasteiger partial charge in [0.05, 0.1) is 0 Å². The predicted octanol–water partition coefficient (Wildman–Crippen LogP) is 7.75. The van der Waals surface area contributed by atoms with Crippen LogP contribution in [0, 0.1) is 6.92 Å². The van der Waals surface area contributed by atoms with E-state index in [-0.39, 0.29) is 0 Å². The third-order valence-electron chi connectivity index (χ3n) is 5.88. The van der Waals surface area contributed by atoms with Crippen molar-refractivity contribution in [3.63, 3.8) is 0 Å². The molecule has 0 amide bonds. The molecule has 25 heavy (non-hydrogen) atoms. The van der Waals surface area contributed by atoms with Gasteiger partial charge >= 0.3 is 168 Å². The first-order valence-corrected chi connectivity index (χ1v) is 19.5. The summed E-state index contributed by atoms with van der Waals surface area (Å²) in [6.07, 6.45) is 9.73. The van der Waals surface area contributed by atoms with Crippen LogP contribution in [-0.4, -0.2) is 18.4 Å². The number of fused-ring (bicyclic) bond motifs is 3. The number of unbranched alkanes of at least 4 members (excludes halogenated alkanes) is 3. The molecule has 0 bridgehead atoms. The molecule has 3 rings (SSSR count). The normalized spacial score (nSPS) is 13.3. The number of aryl methyl sites for hydroxylation is 1. The van der Waals surface area contributed by atoms with Gasteiger partial charge in [0.1, 0.15) is 0 Å². The van der Waals surface area contributed by atoms with E-state index in [1.165, 1.54) is 49.8 Å².